The van der Waals surface area contributed by atoms with E-state index in [1.54, 1.807) is 17.6 Å². The van der Waals surface area contributed by atoms with E-state index in [0.717, 1.165) is 28.9 Å². The lowest BCUT2D eigenvalue weighted by Gasteiger charge is -2.16. The Labute approximate surface area is 189 Å². The Kier molecular flexibility index (Phi) is 7.63. The number of carbonyl (C=O) groups is 1. The highest BCUT2D eigenvalue weighted by molar-refractivity contribution is 7.99. The van der Waals surface area contributed by atoms with Crippen LogP contribution in [0.15, 0.2) is 54.2 Å². The van der Waals surface area contributed by atoms with E-state index in [1.165, 1.54) is 17.8 Å². The van der Waals surface area contributed by atoms with Crippen LogP contribution in [-0.2, 0) is 11.3 Å². The molecule has 1 heterocycles. The third-order valence-corrected chi connectivity index (χ3v) is 5.71. The number of hydrogen-bond acceptors (Lipinski definition) is 5. The first kappa shape index (κ1) is 23.5. The third kappa shape index (κ3) is 5.73. The van der Waals surface area contributed by atoms with Crippen LogP contribution in [0.4, 0.5) is 14.5 Å². The zero-order valence-corrected chi connectivity index (χ0v) is 18.9. The monoisotopic (exact) mass is 458 g/mol. The summed E-state index contributed by atoms with van der Waals surface area (Å²) in [6, 6.07) is 8.83. The van der Waals surface area contributed by atoms with Crippen molar-refractivity contribution < 1.29 is 18.3 Å². The van der Waals surface area contributed by atoms with Gasteiger partial charge in [-0.1, -0.05) is 23.9 Å². The fourth-order valence-electron chi connectivity index (χ4n) is 2.97. The van der Waals surface area contributed by atoms with Gasteiger partial charge in [-0.2, -0.15) is 0 Å². The first-order valence-electron chi connectivity index (χ1n) is 9.94. The highest BCUT2D eigenvalue weighted by Crippen LogP contribution is 2.27. The fraction of sp³-hybridized carbons (Fsp3) is 0.261. The number of carbonyl (C=O) groups excluding carboxylic acids is 1. The van der Waals surface area contributed by atoms with Crippen LogP contribution in [0.2, 0.25) is 0 Å². The van der Waals surface area contributed by atoms with Crippen LogP contribution in [0.1, 0.15) is 30.0 Å². The molecule has 1 aromatic heterocycles. The first-order chi connectivity index (χ1) is 15.3. The quantitative estimate of drug-likeness (QED) is 0.351. The predicted molar refractivity (Wildman–Crippen MR) is 121 cm³/mol. The van der Waals surface area contributed by atoms with Gasteiger partial charge in [0, 0.05) is 18.3 Å². The fourth-order valence-corrected chi connectivity index (χ4v) is 3.72. The van der Waals surface area contributed by atoms with Gasteiger partial charge in [0.2, 0.25) is 5.91 Å². The molecule has 0 aliphatic rings. The molecule has 1 amide bonds. The largest absolute Gasteiger partial charge is 0.480 e. The predicted octanol–water partition coefficient (Wildman–Crippen LogP) is 5.23. The van der Waals surface area contributed by atoms with Crippen molar-refractivity contribution in [2.75, 3.05) is 11.1 Å². The van der Waals surface area contributed by atoms with E-state index in [0.29, 0.717) is 17.5 Å². The minimum Gasteiger partial charge on any atom is -0.480 e. The summed E-state index contributed by atoms with van der Waals surface area (Å²) in [4.78, 5) is 12.4. The van der Waals surface area contributed by atoms with Gasteiger partial charge in [-0.3, -0.25) is 9.36 Å². The molecule has 2 aromatic carbocycles. The Morgan fingerprint density at radius 2 is 2.00 bits per heavy atom. The summed E-state index contributed by atoms with van der Waals surface area (Å²) < 4.78 is 34.4. The minimum absolute atomic E-state index is 0.0889. The topological polar surface area (TPSA) is 69.0 Å². The number of rotatable bonds is 9. The molecule has 3 aromatic rings. The Morgan fingerprint density at radius 3 is 2.69 bits per heavy atom. The maximum Gasteiger partial charge on any atom is 0.234 e. The number of thioether (sulfide) groups is 1. The molecule has 3 rings (SSSR count). The normalized spacial score (nSPS) is 11.8. The molecule has 32 heavy (non-hydrogen) atoms. The van der Waals surface area contributed by atoms with Crippen LogP contribution in [0.3, 0.4) is 0 Å². The second-order valence-electron chi connectivity index (χ2n) is 7.21. The van der Waals surface area contributed by atoms with Gasteiger partial charge in [0.05, 0.1) is 5.75 Å². The molecule has 168 valence electrons. The van der Waals surface area contributed by atoms with Crippen LogP contribution in [0.25, 0.3) is 0 Å². The molecule has 1 unspecified atom stereocenters. The zero-order chi connectivity index (χ0) is 23.3. The maximum atomic E-state index is 13.9. The first-order valence-corrected chi connectivity index (χ1v) is 10.9. The number of halogens is 2. The molecule has 6 nitrogen and oxygen atoms in total. The summed E-state index contributed by atoms with van der Waals surface area (Å²) in [5.74, 6) is -1.19. The van der Waals surface area contributed by atoms with E-state index in [2.05, 4.69) is 22.1 Å². The van der Waals surface area contributed by atoms with Gasteiger partial charge in [-0.25, -0.2) is 8.78 Å². The number of ether oxygens (including phenoxy) is 1. The van der Waals surface area contributed by atoms with E-state index in [9.17, 15) is 13.6 Å². The van der Waals surface area contributed by atoms with Crippen molar-refractivity contribution in [1.82, 2.24) is 14.8 Å². The number of allylic oxidation sites excluding steroid dienone is 1. The van der Waals surface area contributed by atoms with Gasteiger partial charge in [-0.15, -0.1) is 16.8 Å². The standard InChI is InChI=1S/C23H24F2N4O2S/c1-5-10-29-22(16(4)31-20-9-7-17(24)12-19(20)25)27-28-23(29)32-13-21(30)26-18-8-6-14(2)15(3)11-18/h5-9,11-12,16H,1,10,13H2,2-4H3,(H,26,30). The van der Waals surface area contributed by atoms with Crippen molar-refractivity contribution in [3.63, 3.8) is 0 Å². The Balaban J connectivity index is 1.68. The highest BCUT2D eigenvalue weighted by Gasteiger charge is 2.21. The lowest BCUT2D eigenvalue weighted by atomic mass is 10.1. The Morgan fingerprint density at radius 1 is 1.22 bits per heavy atom. The van der Waals surface area contributed by atoms with Gasteiger partial charge in [0.25, 0.3) is 0 Å². The lowest BCUT2D eigenvalue weighted by molar-refractivity contribution is -0.113. The molecular formula is C23H24F2N4O2S. The van der Waals surface area contributed by atoms with Gasteiger partial charge in [0.15, 0.2) is 28.7 Å². The van der Waals surface area contributed by atoms with Crippen LogP contribution < -0.4 is 10.1 Å². The van der Waals surface area contributed by atoms with Crippen molar-refractivity contribution in [1.29, 1.82) is 0 Å². The van der Waals surface area contributed by atoms with Crippen LogP contribution in [0, 0.1) is 25.5 Å². The summed E-state index contributed by atoms with van der Waals surface area (Å²) >= 11 is 1.22. The summed E-state index contributed by atoms with van der Waals surface area (Å²) in [5, 5.41) is 11.7. The van der Waals surface area contributed by atoms with E-state index in [-0.39, 0.29) is 17.4 Å². The van der Waals surface area contributed by atoms with Crippen molar-refractivity contribution in [3.05, 3.63) is 77.6 Å². The molecule has 0 bridgehead atoms. The summed E-state index contributed by atoms with van der Waals surface area (Å²) in [6.45, 7) is 9.81. The molecule has 9 heteroatoms. The lowest BCUT2D eigenvalue weighted by Crippen LogP contribution is -2.16. The van der Waals surface area contributed by atoms with E-state index in [1.807, 2.05) is 32.0 Å². The number of benzene rings is 2. The van der Waals surface area contributed by atoms with Crippen molar-refractivity contribution >= 4 is 23.4 Å². The molecule has 0 saturated carbocycles. The minimum atomic E-state index is -0.802. The van der Waals surface area contributed by atoms with Crippen molar-refractivity contribution in [2.24, 2.45) is 0 Å². The van der Waals surface area contributed by atoms with E-state index < -0.39 is 17.7 Å². The molecular weight excluding hydrogens is 434 g/mol. The van der Waals surface area contributed by atoms with Crippen LogP contribution in [-0.4, -0.2) is 26.4 Å². The number of aryl methyl sites for hydroxylation is 2. The molecule has 0 aliphatic heterocycles. The maximum absolute atomic E-state index is 13.9. The zero-order valence-electron chi connectivity index (χ0n) is 18.1. The number of nitrogens with one attached hydrogen (secondary N) is 1. The van der Waals surface area contributed by atoms with Gasteiger partial charge >= 0.3 is 0 Å². The number of anilines is 1. The number of nitrogens with zero attached hydrogens (tertiary/aromatic N) is 3. The van der Waals surface area contributed by atoms with E-state index >= 15 is 0 Å². The smallest absolute Gasteiger partial charge is 0.234 e. The number of aromatic nitrogens is 3. The molecule has 1 atom stereocenters. The van der Waals surface area contributed by atoms with E-state index in [4.69, 9.17) is 4.74 Å². The van der Waals surface area contributed by atoms with Crippen LogP contribution >= 0.6 is 11.8 Å². The van der Waals surface area contributed by atoms with Gasteiger partial charge in [-0.05, 0) is 56.2 Å². The van der Waals surface area contributed by atoms with Gasteiger partial charge in [0.1, 0.15) is 5.82 Å². The van der Waals surface area contributed by atoms with Gasteiger partial charge < -0.3 is 10.1 Å². The average Bonchev–Trinajstić information content (AvgIpc) is 3.14. The second kappa shape index (κ2) is 10.4. The third-order valence-electron chi connectivity index (χ3n) is 4.74. The Hall–Kier alpha value is -3.20. The number of amides is 1. The molecule has 0 saturated heterocycles. The number of hydrogen-bond donors (Lipinski definition) is 1. The SMILES string of the molecule is C=CCn1c(SCC(=O)Nc2ccc(C)c(C)c2)nnc1C(C)Oc1ccc(F)cc1F. The van der Waals surface area contributed by atoms with Crippen molar-refractivity contribution in [2.45, 2.75) is 38.6 Å². The summed E-state index contributed by atoms with van der Waals surface area (Å²) in [7, 11) is 0. The molecule has 1 N–H and O–H groups in total. The average molecular weight is 459 g/mol. The summed E-state index contributed by atoms with van der Waals surface area (Å²) in [5.41, 5.74) is 2.98. The van der Waals surface area contributed by atoms with Crippen molar-refractivity contribution in [3.8, 4) is 5.75 Å². The van der Waals surface area contributed by atoms with Crippen LogP contribution in [0.5, 0.6) is 5.75 Å². The second-order valence-corrected chi connectivity index (χ2v) is 8.15. The molecule has 0 fully saturated rings. The Bertz CT molecular complexity index is 1130. The summed E-state index contributed by atoms with van der Waals surface area (Å²) in [6.07, 6.45) is 0.998. The highest BCUT2D eigenvalue weighted by atomic mass is 32.2. The molecule has 0 spiro atoms. The molecule has 0 aliphatic carbocycles. The molecule has 0 radical (unpaired) electrons.